The second-order valence-corrected chi connectivity index (χ2v) is 5.07. The molecule has 2 amide bonds. The Morgan fingerprint density at radius 2 is 1.74 bits per heavy atom. The summed E-state index contributed by atoms with van der Waals surface area (Å²) in [6.45, 7) is 1.82. The maximum Gasteiger partial charge on any atom is 0.322 e. The quantitative estimate of drug-likeness (QED) is 0.685. The van der Waals surface area contributed by atoms with Gasteiger partial charge in [-0.2, -0.15) is 0 Å². The molecule has 0 heterocycles. The number of hydrogen-bond acceptors (Lipinski definition) is 3. The van der Waals surface area contributed by atoms with Crippen molar-refractivity contribution in [3.05, 3.63) is 70.0 Å². The maximum atomic E-state index is 12.9. The molecule has 1 atom stereocenters. The lowest BCUT2D eigenvalue weighted by atomic mass is 10.1. The average Bonchev–Trinajstić information content (AvgIpc) is 2.54. The maximum absolute atomic E-state index is 12.9. The molecule has 1 N–H and O–H groups in total. The van der Waals surface area contributed by atoms with Crippen LogP contribution in [0.4, 0.5) is 20.6 Å². The predicted octanol–water partition coefficient (Wildman–Crippen LogP) is 3.96. The number of non-ortho nitro benzene ring substituents is 1. The Bertz CT molecular complexity index is 702. The van der Waals surface area contributed by atoms with Crippen LogP contribution in [0.3, 0.4) is 0 Å². The molecule has 0 radical (unpaired) electrons. The number of nitro groups is 1. The highest BCUT2D eigenvalue weighted by molar-refractivity contribution is 5.89. The van der Waals surface area contributed by atoms with Gasteiger partial charge in [-0.3, -0.25) is 10.1 Å². The van der Waals surface area contributed by atoms with Gasteiger partial charge in [-0.25, -0.2) is 9.18 Å². The van der Waals surface area contributed by atoms with E-state index in [4.69, 9.17) is 0 Å². The molecule has 1 unspecified atom stereocenters. The first-order valence-corrected chi connectivity index (χ1v) is 6.92. The summed E-state index contributed by atoms with van der Waals surface area (Å²) < 4.78 is 12.9. The van der Waals surface area contributed by atoms with Gasteiger partial charge in [-0.15, -0.1) is 0 Å². The number of amides is 2. The van der Waals surface area contributed by atoms with Gasteiger partial charge in [0.2, 0.25) is 0 Å². The lowest BCUT2D eigenvalue weighted by Gasteiger charge is -2.25. The van der Waals surface area contributed by atoms with E-state index in [-0.39, 0.29) is 23.6 Å². The molecule has 2 aromatic rings. The van der Waals surface area contributed by atoms with Crippen molar-refractivity contribution in [2.45, 2.75) is 13.0 Å². The molecule has 0 fully saturated rings. The topological polar surface area (TPSA) is 75.5 Å². The highest BCUT2D eigenvalue weighted by Crippen LogP contribution is 2.21. The minimum Gasteiger partial charge on any atom is -0.321 e. The van der Waals surface area contributed by atoms with Crippen LogP contribution in [0.2, 0.25) is 0 Å². The number of carbonyl (C=O) groups excluding carboxylic acids is 1. The van der Waals surface area contributed by atoms with Crippen LogP contribution in [0.1, 0.15) is 18.5 Å². The molecule has 2 aromatic carbocycles. The van der Waals surface area contributed by atoms with E-state index in [1.807, 2.05) is 6.92 Å². The average molecular weight is 317 g/mol. The number of rotatable bonds is 4. The Balaban J connectivity index is 2.04. The summed E-state index contributed by atoms with van der Waals surface area (Å²) in [6.07, 6.45) is 0. The van der Waals surface area contributed by atoms with E-state index in [0.29, 0.717) is 5.69 Å². The van der Waals surface area contributed by atoms with Crippen LogP contribution >= 0.6 is 0 Å². The zero-order valence-electron chi connectivity index (χ0n) is 12.7. The zero-order valence-corrected chi connectivity index (χ0v) is 12.7. The van der Waals surface area contributed by atoms with Crippen LogP contribution < -0.4 is 5.32 Å². The van der Waals surface area contributed by atoms with E-state index in [9.17, 15) is 19.3 Å². The number of urea groups is 1. The largest absolute Gasteiger partial charge is 0.322 e. The Morgan fingerprint density at radius 3 is 2.26 bits per heavy atom. The monoisotopic (exact) mass is 317 g/mol. The molecule has 0 aromatic heterocycles. The lowest BCUT2D eigenvalue weighted by molar-refractivity contribution is -0.384. The molecule has 7 heteroatoms. The van der Waals surface area contributed by atoms with Gasteiger partial charge in [-0.05, 0) is 36.8 Å². The number of anilines is 1. The van der Waals surface area contributed by atoms with Crippen molar-refractivity contribution >= 4 is 17.4 Å². The first-order valence-electron chi connectivity index (χ1n) is 6.92. The van der Waals surface area contributed by atoms with Crippen LogP contribution in [0.25, 0.3) is 0 Å². The molecule has 0 saturated heterocycles. The van der Waals surface area contributed by atoms with E-state index in [1.165, 1.54) is 41.3 Å². The second kappa shape index (κ2) is 6.87. The highest BCUT2D eigenvalue weighted by Gasteiger charge is 2.17. The second-order valence-electron chi connectivity index (χ2n) is 5.07. The lowest BCUT2D eigenvalue weighted by Crippen LogP contribution is -2.33. The van der Waals surface area contributed by atoms with Gasteiger partial charge >= 0.3 is 6.03 Å². The van der Waals surface area contributed by atoms with Gasteiger partial charge in [0.05, 0.1) is 11.0 Å². The number of nitro benzene ring substituents is 1. The molecule has 0 aliphatic heterocycles. The van der Waals surface area contributed by atoms with E-state index in [0.717, 1.165) is 5.56 Å². The summed E-state index contributed by atoms with van der Waals surface area (Å²) in [6, 6.07) is 10.9. The third kappa shape index (κ3) is 4.03. The number of carbonyl (C=O) groups is 1. The number of nitrogens with one attached hydrogen (secondary N) is 1. The fourth-order valence-electron chi connectivity index (χ4n) is 2.02. The molecule has 0 saturated carbocycles. The molecule has 2 rings (SSSR count). The molecule has 120 valence electrons. The number of nitrogens with zero attached hydrogens (tertiary/aromatic N) is 2. The van der Waals surface area contributed by atoms with Crippen LogP contribution in [0.15, 0.2) is 48.5 Å². The molecule has 0 bridgehead atoms. The van der Waals surface area contributed by atoms with Crippen molar-refractivity contribution in [3.63, 3.8) is 0 Å². The normalized spacial score (nSPS) is 11.6. The Kier molecular flexibility index (Phi) is 4.90. The van der Waals surface area contributed by atoms with Crippen molar-refractivity contribution in [1.82, 2.24) is 4.90 Å². The van der Waals surface area contributed by atoms with E-state index in [2.05, 4.69) is 5.32 Å². The molecular formula is C16H16FN3O3. The molecule has 0 spiro atoms. The SMILES string of the molecule is CC(c1ccc(F)cc1)N(C)C(=O)Nc1ccc([N+](=O)[O-])cc1. The third-order valence-electron chi connectivity index (χ3n) is 3.58. The van der Waals surface area contributed by atoms with Gasteiger partial charge in [0.15, 0.2) is 0 Å². The Hall–Kier alpha value is -2.96. The van der Waals surface area contributed by atoms with Crippen molar-refractivity contribution in [2.24, 2.45) is 0 Å². The molecule has 6 nitrogen and oxygen atoms in total. The standard InChI is InChI=1S/C16H16FN3O3/c1-11(12-3-5-13(17)6-4-12)19(2)16(21)18-14-7-9-15(10-8-14)20(22)23/h3-11H,1-2H3,(H,18,21). The zero-order chi connectivity index (χ0) is 17.0. The van der Waals surface area contributed by atoms with Crippen LogP contribution in [-0.2, 0) is 0 Å². The molecule has 0 aliphatic carbocycles. The predicted molar refractivity (Wildman–Crippen MR) is 84.7 cm³/mol. The molecular weight excluding hydrogens is 301 g/mol. The molecule has 0 aliphatic rings. The fourth-order valence-corrected chi connectivity index (χ4v) is 2.02. The fraction of sp³-hybridized carbons (Fsp3) is 0.188. The summed E-state index contributed by atoms with van der Waals surface area (Å²) in [7, 11) is 1.62. The van der Waals surface area contributed by atoms with Crippen LogP contribution in [0, 0.1) is 15.9 Å². The van der Waals surface area contributed by atoms with E-state index >= 15 is 0 Å². The highest BCUT2D eigenvalue weighted by atomic mass is 19.1. The minimum atomic E-state index is -0.506. The first kappa shape index (κ1) is 16.4. The van der Waals surface area contributed by atoms with Crippen LogP contribution in [-0.4, -0.2) is 22.9 Å². The summed E-state index contributed by atoms with van der Waals surface area (Å²) in [5.74, 6) is -0.334. The van der Waals surface area contributed by atoms with Crippen LogP contribution in [0.5, 0.6) is 0 Å². The summed E-state index contributed by atoms with van der Waals surface area (Å²) in [4.78, 5) is 23.8. The van der Waals surface area contributed by atoms with E-state index in [1.54, 1.807) is 19.2 Å². The molecule has 23 heavy (non-hydrogen) atoms. The number of halogens is 1. The van der Waals surface area contributed by atoms with Crippen molar-refractivity contribution in [3.8, 4) is 0 Å². The number of hydrogen-bond donors (Lipinski definition) is 1. The Labute approximate surface area is 132 Å². The third-order valence-corrected chi connectivity index (χ3v) is 3.58. The minimum absolute atomic E-state index is 0.0453. The Morgan fingerprint density at radius 1 is 1.17 bits per heavy atom. The van der Waals surface area contributed by atoms with Gasteiger partial charge in [0.1, 0.15) is 5.82 Å². The van der Waals surface area contributed by atoms with Gasteiger partial charge in [-0.1, -0.05) is 12.1 Å². The summed E-state index contributed by atoms with van der Waals surface area (Å²) in [5.41, 5.74) is 1.21. The first-order chi connectivity index (χ1) is 10.9. The van der Waals surface area contributed by atoms with Gasteiger partial charge in [0.25, 0.3) is 5.69 Å². The van der Waals surface area contributed by atoms with Crippen molar-refractivity contribution < 1.29 is 14.1 Å². The number of benzene rings is 2. The van der Waals surface area contributed by atoms with E-state index < -0.39 is 4.92 Å². The summed E-state index contributed by atoms with van der Waals surface area (Å²) in [5, 5.41) is 13.3. The summed E-state index contributed by atoms with van der Waals surface area (Å²) >= 11 is 0. The smallest absolute Gasteiger partial charge is 0.321 e. The van der Waals surface area contributed by atoms with Crippen molar-refractivity contribution in [2.75, 3.05) is 12.4 Å². The van der Waals surface area contributed by atoms with Crippen molar-refractivity contribution in [1.29, 1.82) is 0 Å². The van der Waals surface area contributed by atoms with Gasteiger partial charge in [0, 0.05) is 24.9 Å². The van der Waals surface area contributed by atoms with Gasteiger partial charge < -0.3 is 10.2 Å².